The van der Waals surface area contributed by atoms with Gasteiger partial charge in [-0.3, -0.25) is 9.59 Å². The monoisotopic (exact) mass is 378 g/mol. The normalized spacial score (nSPS) is 10.9. The minimum atomic E-state index is -1.19. The largest absolute Gasteiger partial charge is 0.481 e. The van der Waals surface area contributed by atoms with Crippen LogP contribution in [0.15, 0.2) is 36.5 Å². The second-order valence-corrected chi connectivity index (χ2v) is 6.12. The van der Waals surface area contributed by atoms with Gasteiger partial charge in [-0.25, -0.2) is 8.78 Å². The van der Waals surface area contributed by atoms with Crippen LogP contribution in [-0.2, 0) is 18.3 Å². The van der Waals surface area contributed by atoms with Gasteiger partial charge in [0.25, 0.3) is 5.91 Å². The molecule has 3 aromatic rings. The third kappa shape index (κ3) is 3.25. The van der Waals surface area contributed by atoms with Crippen molar-refractivity contribution in [2.24, 2.45) is 7.05 Å². The molecule has 8 heteroatoms. The number of carboxylic acids is 1. The summed E-state index contributed by atoms with van der Waals surface area (Å²) in [5.74, 6) is -3.06. The number of aliphatic carboxylic acids is 1. The van der Waals surface area contributed by atoms with Crippen molar-refractivity contribution < 1.29 is 23.5 Å². The van der Waals surface area contributed by atoms with Gasteiger partial charge in [0.15, 0.2) is 0 Å². The van der Waals surface area contributed by atoms with E-state index >= 15 is 0 Å². The van der Waals surface area contributed by atoms with E-state index in [-0.39, 0.29) is 21.8 Å². The van der Waals surface area contributed by atoms with Crippen LogP contribution in [0.5, 0.6) is 0 Å². The first-order valence-electron chi connectivity index (χ1n) is 7.52. The van der Waals surface area contributed by atoms with E-state index in [4.69, 9.17) is 16.7 Å². The Bertz CT molecular complexity index is 1050. The smallest absolute Gasteiger partial charge is 0.307 e. The van der Waals surface area contributed by atoms with E-state index in [1.165, 1.54) is 36.5 Å². The van der Waals surface area contributed by atoms with E-state index in [1.807, 2.05) is 0 Å². The number of carbonyl (C=O) groups excluding carboxylic acids is 1. The van der Waals surface area contributed by atoms with Crippen LogP contribution in [-0.4, -0.2) is 21.6 Å². The number of rotatable bonds is 4. The fraction of sp³-hybridized carbons (Fsp3) is 0.111. The van der Waals surface area contributed by atoms with Crippen LogP contribution < -0.4 is 5.32 Å². The SMILES string of the molecule is Cn1cc(C(=O)Nc2ccc(CC(=O)O)c(F)c2Cl)c2ccc(F)cc21. The average Bonchev–Trinajstić information content (AvgIpc) is 2.90. The van der Waals surface area contributed by atoms with Crippen molar-refractivity contribution in [1.29, 1.82) is 0 Å². The molecular formula is C18H13ClF2N2O3. The number of anilines is 1. The number of amides is 1. The summed E-state index contributed by atoms with van der Waals surface area (Å²) < 4.78 is 29.2. The Kier molecular flexibility index (Phi) is 4.65. The number of benzene rings is 2. The van der Waals surface area contributed by atoms with Gasteiger partial charge in [0.1, 0.15) is 16.7 Å². The summed E-state index contributed by atoms with van der Waals surface area (Å²) in [5.41, 5.74) is 0.737. The highest BCUT2D eigenvalue weighted by molar-refractivity contribution is 6.34. The van der Waals surface area contributed by atoms with Gasteiger partial charge in [-0.2, -0.15) is 0 Å². The molecule has 2 N–H and O–H groups in total. The number of fused-ring (bicyclic) bond motifs is 1. The zero-order valence-electron chi connectivity index (χ0n) is 13.5. The topological polar surface area (TPSA) is 71.3 Å². The zero-order chi connectivity index (χ0) is 19.0. The molecule has 0 aliphatic rings. The van der Waals surface area contributed by atoms with Crippen molar-refractivity contribution in [2.75, 3.05) is 5.32 Å². The molecule has 1 heterocycles. The molecule has 2 aromatic carbocycles. The predicted molar refractivity (Wildman–Crippen MR) is 93.6 cm³/mol. The molecule has 5 nitrogen and oxygen atoms in total. The van der Waals surface area contributed by atoms with Crippen LogP contribution >= 0.6 is 11.6 Å². The molecule has 1 aromatic heterocycles. The van der Waals surface area contributed by atoms with Gasteiger partial charge in [0, 0.05) is 24.2 Å². The van der Waals surface area contributed by atoms with Crippen LogP contribution in [0.25, 0.3) is 10.9 Å². The molecular weight excluding hydrogens is 366 g/mol. The van der Waals surface area contributed by atoms with Crippen molar-refractivity contribution >= 4 is 40.1 Å². The van der Waals surface area contributed by atoms with Crippen LogP contribution in [0.1, 0.15) is 15.9 Å². The molecule has 1 amide bonds. The van der Waals surface area contributed by atoms with Crippen LogP contribution in [0, 0.1) is 11.6 Å². The van der Waals surface area contributed by atoms with Gasteiger partial charge >= 0.3 is 5.97 Å². The maximum absolute atomic E-state index is 14.2. The number of aromatic nitrogens is 1. The summed E-state index contributed by atoms with van der Waals surface area (Å²) in [4.78, 5) is 23.3. The quantitative estimate of drug-likeness (QED) is 0.721. The summed E-state index contributed by atoms with van der Waals surface area (Å²) in [6, 6.07) is 6.62. The van der Waals surface area contributed by atoms with Crippen molar-refractivity contribution in [2.45, 2.75) is 6.42 Å². The summed E-state index contributed by atoms with van der Waals surface area (Å²) >= 11 is 5.92. The number of carboxylic acid groups (broad SMARTS) is 1. The fourth-order valence-corrected chi connectivity index (χ4v) is 2.94. The van der Waals surface area contributed by atoms with Crippen molar-refractivity contribution in [1.82, 2.24) is 4.57 Å². The van der Waals surface area contributed by atoms with E-state index in [0.29, 0.717) is 10.9 Å². The lowest BCUT2D eigenvalue weighted by atomic mass is 10.1. The molecule has 0 spiro atoms. The lowest BCUT2D eigenvalue weighted by Crippen LogP contribution is -2.13. The fourth-order valence-electron chi connectivity index (χ4n) is 2.71. The first kappa shape index (κ1) is 17.9. The number of nitrogens with zero attached hydrogens (tertiary/aromatic N) is 1. The molecule has 0 atom stereocenters. The number of carbonyl (C=O) groups is 2. The van der Waals surface area contributed by atoms with Crippen molar-refractivity contribution in [3.63, 3.8) is 0 Å². The summed E-state index contributed by atoms with van der Waals surface area (Å²) in [6.07, 6.45) is 1.01. The Balaban J connectivity index is 1.94. The van der Waals surface area contributed by atoms with Crippen molar-refractivity contribution in [3.05, 3.63) is 64.3 Å². The second-order valence-electron chi connectivity index (χ2n) is 5.74. The van der Waals surface area contributed by atoms with E-state index in [2.05, 4.69) is 5.32 Å². The molecule has 134 valence electrons. The molecule has 0 aliphatic carbocycles. The predicted octanol–water partition coefficient (Wildman–Crippen LogP) is 3.99. The summed E-state index contributed by atoms with van der Waals surface area (Å²) in [6.45, 7) is 0. The van der Waals surface area contributed by atoms with E-state index in [9.17, 15) is 18.4 Å². The molecule has 0 aliphatic heterocycles. The minimum Gasteiger partial charge on any atom is -0.481 e. The van der Waals surface area contributed by atoms with Gasteiger partial charge in [-0.15, -0.1) is 0 Å². The number of hydrogen-bond donors (Lipinski definition) is 2. The standard InChI is InChI=1S/C18H13ClF2N2O3/c1-23-8-12(11-4-3-10(20)7-14(11)23)18(26)22-13-5-2-9(6-15(24)25)17(21)16(13)19/h2-5,7-8H,6H2,1H3,(H,22,26)(H,24,25). The Morgan fingerprint density at radius 2 is 1.96 bits per heavy atom. The number of aryl methyl sites for hydroxylation is 1. The van der Waals surface area contributed by atoms with Gasteiger partial charge in [0.2, 0.25) is 0 Å². The molecule has 0 saturated heterocycles. The molecule has 0 bridgehead atoms. The number of halogens is 3. The summed E-state index contributed by atoms with van der Waals surface area (Å²) in [7, 11) is 1.67. The molecule has 0 radical (unpaired) electrons. The lowest BCUT2D eigenvalue weighted by molar-refractivity contribution is -0.136. The maximum Gasteiger partial charge on any atom is 0.307 e. The Hall–Kier alpha value is -2.93. The molecule has 26 heavy (non-hydrogen) atoms. The van der Waals surface area contributed by atoms with E-state index in [0.717, 1.165) is 0 Å². The third-order valence-electron chi connectivity index (χ3n) is 3.95. The number of nitrogens with one attached hydrogen (secondary N) is 1. The summed E-state index contributed by atoms with van der Waals surface area (Å²) in [5, 5.41) is 11.4. The van der Waals surface area contributed by atoms with Crippen LogP contribution in [0.4, 0.5) is 14.5 Å². The van der Waals surface area contributed by atoms with Crippen molar-refractivity contribution in [3.8, 4) is 0 Å². The van der Waals surface area contributed by atoms with E-state index in [1.54, 1.807) is 11.6 Å². The Labute approximate surface area is 151 Å². The molecule has 3 rings (SSSR count). The highest BCUT2D eigenvalue weighted by Gasteiger charge is 2.18. The Morgan fingerprint density at radius 1 is 1.23 bits per heavy atom. The lowest BCUT2D eigenvalue weighted by Gasteiger charge is -2.10. The van der Waals surface area contributed by atoms with Gasteiger partial charge in [-0.05, 0) is 24.3 Å². The first-order chi connectivity index (χ1) is 12.3. The molecule has 0 fully saturated rings. The zero-order valence-corrected chi connectivity index (χ0v) is 14.3. The average molecular weight is 379 g/mol. The minimum absolute atomic E-state index is 0.0161. The maximum atomic E-state index is 14.2. The van der Waals surface area contributed by atoms with Crippen LogP contribution in [0.2, 0.25) is 5.02 Å². The Morgan fingerprint density at radius 3 is 2.65 bits per heavy atom. The van der Waals surface area contributed by atoms with Crippen LogP contribution in [0.3, 0.4) is 0 Å². The molecule has 0 unspecified atom stereocenters. The third-order valence-corrected chi connectivity index (χ3v) is 4.32. The van der Waals surface area contributed by atoms with Gasteiger partial charge in [-0.1, -0.05) is 17.7 Å². The second kappa shape index (κ2) is 6.76. The first-order valence-corrected chi connectivity index (χ1v) is 7.90. The van der Waals surface area contributed by atoms with Gasteiger partial charge in [0.05, 0.1) is 23.2 Å². The molecule has 0 saturated carbocycles. The highest BCUT2D eigenvalue weighted by atomic mass is 35.5. The van der Waals surface area contributed by atoms with E-state index < -0.39 is 29.9 Å². The number of hydrogen-bond acceptors (Lipinski definition) is 2. The van der Waals surface area contributed by atoms with Gasteiger partial charge < -0.3 is 15.0 Å². The highest BCUT2D eigenvalue weighted by Crippen LogP contribution is 2.29.